The van der Waals surface area contributed by atoms with Crippen LogP contribution < -0.4 is 0 Å². The molecule has 0 aliphatic rings. The van der Waals surface area contributed by atoms with Gasteiger partial charge in [0.2, 0.25) is 0 Å². The number of hydrogen-bond donors (Lipinski definition) is 0. The van der Waals surface area contributed by atoms with Gasteiger partial charge in [0, 0.05) is 6.42 Å². The van der Waals surface area contributed by atoms with Crippen LogP contribution in [0.5, 0.6) is 0 Å². The van der Waals surface area contributed by atoms with Gasteiger partial charge in [-0.2, -0.15) is 13.2 Å². The van der Waals surface area contributed by atoms with Crippen molar-refractivity contribution in [3.05, 3.63) is 41.1 Å². The Morgan fingerprint density at radius 2 is 1.76 bits per heavy atom. The van der Waals surface area contributed by atoms with Gasteiger partial charge in [0.15, 0.2) is 0 Å². The summed E-state index contributed by atoms with van der Waals surface area (Å²) in [5, 5.41) is 0.785. The van der Waals surface area contributed by atoms with E-state index in [4.69, 9.17) is 0 Å². The van der Waals surface area contributed by atoms with E-state index in [0.29, 0.717) is 0 Å². The molecule has 0 heterocycles. The Labute approximate surface area is 125 Å². The van der Waals surface area contributed by atoms with Crippen LogP contribution in [0.1, 0.15) is 31.2 Å². The first kappa shape index (κ1) is 17.9. The molecule has 0 amide bonds. The summed E-state index contributed by atoms with van der Waals surface area (Å²) in [6.45, 7) is 4.08. The fourth-order valence-electron chi connectivity index (χ4n) is 2.18. The Hall–Kier alpha value is -1.10. The number of rotatable bonds is 7. The molecule has 0 spiro atoms. The van der Waals surface area contributed by atoms with E-state index in [1.165, 1.54) is 0 Å². The number of allylic oxidation sites excluding steroid dienone is 1. The Balaban J connectivity index is 2.59. The minimum absolute atomic E-state index is 0.00217. The predicted octanol–water partition coefficient (Wildman–Crippen LogP) is 5.56. The van der Waals surface area contributed by atoms with Crippen molar-refractivity contribution in [1.82, 2.24) is 0 Å². The summed E-state index contributed by atoms with van der Waals surface area (Å²) in [5.74, 6) is 0. The molecule has 1 unspecified atom stereocenters. The van der Waals surface area contributed by atoms with Crippen molar-refractivity contribution < 1.29 is 17.6 Å². The van der Waals surface area contributed by atoms with Crippen molar-refractivity contribution >= 4 is 14.9 Å². The zero-order valence-electron chi connectivity index (χ0n) is 12.5. The second-order valence-electron chi connectivity index (χ2n) is 5.54. The van der Waals surface area contributed by atoms with Crippen molar-refractivity contribution in [2.75, 3.05) is 0 Å². The normalized spacial score (nSPS) is 14.5. The molecule has 0 aliphatic heterocycles. The van der Waals surface area contributed by atoms with E-state index in [9.17, 15) is 17.6 Å². The van der Waals surface area contributed by atoms with Crippen LogP contribution in [0, 0.1) is 0 Å². The molecule has 0 N–H and O–H groups in total. The fourth-order valence-corrected chi connectivity index (χ4v) is 3.59. The van der Waals surface area contributed by atoms with E-state index in [1.807, 2.05) is 49.5 Å². The minimum Gasteiger partial charge on any atom is -0.243 e. The summed E-state index contributed by atoms with van der Waals surface area (Å²) >= 11 is 0. The molecule has 21 heavy (non-hydrogen) atoms. The number of alkyl halides is 4. The Bertz CT molecular complexity index is 437. The molecular weight excluding hydrogens is 296 g/mol. The summed E-state index contributed by atoms with van der Waals surface area (Å²) < 4.78 is 50.5. The maximum absolute atomic E-state index is 14.3. The summed E-state index contributed by atoms with van der Waals surface area (Å²) in [6, 6.07) is 9.50. The first-order valence-corrected chi connectivity index (χ1v) is 10.2. The van der Waals surface area contributed by atoms with Crippen LogP contribution >= 0.6 is 0 Å². The Kier molecular flexibility index (Phi) is 7.15. The second kappa shape index (κ2) is 8.37. The third-order valence-corrected chi connectivity index (χ3v) is 5.19. The Morgan fingerprint density at radius 1 is 1.14 bits per heavy atom. The van der Waals surface area contributed by atoms with Crippen LogP contribution in [-0.4, -0.2) is 21.1 Å². The summed E-state index contributed by atoms with van der Waals surface area (Å²) in [6.07, 6.45) is -3.76. The van der Waals surface area contributed by atoms with Gasteiger partial charge in [0.25, 0.3) is 0 Å². The number of hydrogen-bond acceptors (Lipinski definition) is 0. The van der Waals surface area contributed by atoms with E-state index < -0.39 is 27.6 Å². The molecule has 0 aliphatic carbocycles. The molecular formula is C16H22F4Si. The lowest BCUT2D eigenvalue weighted by Gasteiger charge is -2.16. The molecule has 0 nitrogen and oxygen atoms in total. The van der Waals surface area contributed by atoms with Crippen LogP contribution in [-0.2, 0) is 0 Å². The highest BCUT2D eigenvalue weighted by Crippen LogP contribution is 2.25. The van der Waals surface area contributed by atoms with Crippen molar-refractivity contribution in [1.29, 1.82) is 0 Å². The molecule has 1 aromatic carbocycles. The minimum atomic E-state index is -4.14. The largest absolute Gasteiger partial charge is 0.389 e. The lowest BCUT2D eigenvalue weighted by atomic mass is 10.1. The van der Waals surface area contributed by atoms with Gasteiger partial charge in [0.05, 0.1) is 8.80 Å². The van der Waals surface area contributed by atoms with Crippen LogP contribution in [0.3, 0.4) is 0 Å². The zero-order valence-corrected chi connectivity index (χ0v) is 13.6. The lowest BCUT2D eigenvalue weighted by molar-refractivity contribution is -0.135. The van der Waals surface area contributed by atoms with Gasteiger partial charge in [-0.15, -0.1) is 0 Å². The Morgan fingerprint density at radius 3 is 2.29 bits per heavy atom. The molecule has 5 heteroatoms. The molecule has 0 radical (unpaired) electrons. The van der Waals surface area contributed by atoms with Crippen molar-refractivity contribution in [2.45, 2.75) is 51.1 Å². The van der Waals surface area contributed by atoms with Gasteiger partial charge in [-0.05, 0) is 24.8 Å². The smallest absolute Gasteiger partial charge is 0.243 e. The SMILES string of the molecule is C[SiH](C)C(=Cc1ccccc1)C(F)CCCCC(F)(F)F. The highest BCUT2D eigenvalue weighted by atomic mass is 28.3. The lowest BCUT2D eigenvalue weighted by Crippen LogP contribution is -2.17. The third kappa shape index (κ3) is 7.46. The maximum atomic E-state index is 14.3. The van der Waals surface area contributed by atoms with E-state index in [1.54, 1.807) is 0 Å². The first-order chi connectivity index (χ1) is 9.79. The third-order valence-electron chi connectivity index (χ3n) is 3.33. The van der Waals surface area contributed by atoms with E-state index >= 15 is 0 Å². The maximum Gasteiger partial charge on any atom is 0.389 e. The van der Waals surface area contributed by atoms with Crippen molar-refractivity contribution in [2.24, 2.45) is 0 Å². The average molecular weight is 318 g/mol. The fraction of sp³-hybridized carbons (Fsp3) is 0.500. The predicted molar refractivity (Wildman–Crippen MR) is 82.7 cm³/mol. The van der Waals surface area contributed by atoms with E-state index in [2.05, 4.69) is 0 Å². The van der Waals surface area contributed by atoms with Gasteiger partial charge in [-0.25, -0.2) is 4.39 Å². The average Bonchev–Trinajstić information content (AvgIpc) is 2.40. The van der Waals surface area contributed by atoms with Gasteiger partial charge in [-0.1, -0.05) is 54.7 Å². The summed E-state index contributed by atoms with van der Waals surface area (Å²) in [4.78, 5) is 0. The molecule has 1 rings (SSSR count). The van der Waals surface area contributed by atoms with E-state index in [-0.39, 0.29) is 19.3 Å². The van der Waals surface area contributed by atoms with Crippen molar-refractivity contribution in [3.8, 4) is 0 Å². The first-order valence-electron chi connectivity index (χ1n) is 7.27. The number of unbranched alkanes of at least 4 members (excludes halogenated alkanes) is 1. The van der Waals surface area contributed by atoms with Crippen LogP contribution in [0.2, 0.25) is 13.1 Å². The number of halogens is 4. The second-order valence-corrected chi connectivity index (χ2v) is 8.51. The quantitative estimate of drug-likeness (QED) is 0.351. The highest BCUT2D eigenvalue weighted by Gasteiger charge is 2.26. The molecule has 0 saturated carbocycles. The summed E-state index contributed by atoms with van der Waals surface area (Å²) in [5.41, 5.74) is 0.951. The van der Waals surface area contributed by atoms with Gasteiger partial charge >= 0.3 is 6.18 Å². The molecule has 118 valence electrons. The molecule has 1 atom stereocenters. The van der Waals surface area contributed by atoms with Crippen molar-refractivity contribution in [3.63, 3.8) is 0 Å². The standard InChI is InChI=1S/C16H22F4Si/c1-21(2)15(12-13-8-4-3-5-9-13)14(17)10-6-7-11-16(18,19)20/h3-5,8-9,12,14,21H,6-7,10-11H2,1-2H3. The van der Waals surface area contributed by atoms with Crippen LogP contribution in [0.4, 0.5) is 17.6 Å². The highest BCUT2D eigenvalue weighted by molar-refractivity contribution is 6.65. The molecule has 1 aromatic rings. The summed E-state index contributed by atoms with van der Waals surface area (Å²) in [7, 11) is -1.33. The molecule has 0 fully saturated rings. The number of benzene rings is 1. The van der Waals surface area contributed by atoms with Gasteiger partial charge < -0.3 is 0 Å². The van der Waals surface area contributed by atoms with Crippen LogP contribution in [0.25, 0.3) is 6.08 Å². The molecule has 0 aromatic heterocycles. The van der Waals surface area contributed by atoms with Crippen LogP contribution in [0.15, 0.2) is 35.5 Å². The monoisotopic (exact) mass is 318 g/mol. The van der Waals surface area contributed by atoms with Gasteiger partial charge in [0.1, 0.15) is 6.17 Å². The van der Waals surface area contributed by atoms with E-state index in [0.717, 1.165) is 10.8 Å². The van der Waals surface area contributed by atoms with Gasteiger partial charge in [-0.3, -0.25) is 0 Å². The zero-order chi connectivity index (χ0) is 15.9. The topological polar surface area (TPSA) is 0 Å². The molecule has 0 saturated heterocycles. The molecule has 0 bridgehead atoms.